The summed E-state index contributed by atoms with van der Waals surface area (Å²) in [6, 6.07) is 8.03. The number of pyridine rings is 1. The summed E-state index contributed by atoms with van der Waals surface area (Å²) in [6.45, 7) is 7.61. The Bertz CT molecular complexity index is 984. The van der Waals surface area contributed by atoms with Crippen molar-refractivity contribution in [2.75, 3.05) is 26.2 Å². The summed E-state index contributed by atoms with van der Waals surface area (Å²) in [4.78, 5) is 34.2. The van der Waals surface area contributed by atoms with Crippen LogP contribution in [0, 0.1) is 5.82 Å². The largest absolute Gasteiger partial charge is 0.507 e. The van der Waals surface area contributed by atoms with Crippen molar-refractivity contribution in [2.45, 2.75) is 52.0 Å². The Kier molecular flexibility index (Phi) is 9.33. The third kappa shape index (κ3) is 6.08. The smallest absolute Gasteiger partial charge is 0.295 e. The summed E-state index contributed by atoms with van der Waals surface area (Å²) in [5.41, 5.74) is 0.955. The summed E-state index contributed by atoms with van der Waals surface area (Å²) in [5, 5.41) is 11.0. The number of Topliss-reactive ketones (excluding diaryl/α,β-unsaturated/α-hetero) is 1. The van der Waals surface area contributed by atoms with Gasteiger partial charge in [0.2, 0.25) is 0 Å². The number of aliphatic hydroxyl groups excluding tert-OH is 1. The maximum absolute atomic E-state index is 13.4. The van der Waals surface area contributed by atoms with E-state index in [1.165, 1.54) is 29.2 Å². The van der Waals surface area contributed by atoms with E-state index in [9.17, 15) is 19.1 Å². The second-order valence-electron chi connectivity index (χ2n) is 8.69. The van der Waals surface area contributed by atoms with Crippen LogP contribution in [0.3, 0.4) is 0 Å². The van der Waals surface area contributed by atoms with E-state index in [4.69, 9.17) is 0 Å². The standard InChI is InChI=1S/C27H34FN3O3/c1-3-5-15-30(16-6-4-2)17-8-18-31-24(21-9-7-14-29-19-21)23(26(33)27(31)34)25(32)20-10-12-22(28)13-11-20/h7,9-14,19,24,32H,3-6,8,15-18H2,1-2H3/t24-/m0/s1. The van der Waals surface area contributed by atoms with Gasteiger partial charge in [-0.15, -0.1) is 0 Å². The fraction of sp³-hybridized carbons (Fsp3) is 0.444. The van der Waals surface area contributed by atoms with Crippen LogP contribution in [0.4, 0.5) is 4.39 Å². The van der Waals surface area contributed by atoms with Gasteiger partial charge in [0.05, 0.1) is 11.6 Å². The van der Waals surface area contributed by atoms with E-state index in [1.807, 2.05) is 0 Å². The van der Waals surface area contributed by atoms with Crippen molar-refractivity contribution in [1.29, 1.82) is 0 Å². The van der Waals surface area contributed by atoms with Crippen LogP contribution >= 0.6 is 0 Å². The van der Waals surface area contributed by atoms with Crippen molar-refractivity contribution in [2.24, 2.45) is 0 Å². The van der Waals surface area contributed by atoms with Crippen LogP contribution in [0.1, 0.15) is 63.1 Å². The molecular formula is C27H34FN3O3. The molecular weight excluding hydrogens is 433 g/mol. The van der Waals surface area contributed by atoms with Crippen molar-refractivity contribution < 1.29 is 19.1 Å². The first kappa shape index (κ1) is 25.6. The number of carbonyl (C=O) groups is 2. The number of amides is 1. The molecule has 0 saturated carbocycles. The zero-order valence-corrected chi connectivity index (χ0v) is 20.0. The predicted molar refractivity (Wildman–Crippen MR) is 131 cm³/mol. The van der Waals surface area contributed by atoms with Gasteiger partial charge in [0.15, 0.2) is 0 Å². The van der Waals surface area contributed by atoms with Crippen LogP contribution in [-0.2, 0) is 9.59 Å². The maximum atomic E-state index is 13.4. The molecule has 7 heteroatoms. The first-order valence-electron chi connectivity index (χ1n) is 12.1. The van der Waals surface area contributed by atoms with Gasteiger partial charge in [-0.25, -0.2) is 4.39 Å². The van der Waals surface area contributed by atoms with Crippen LogP contribution in [0.15, 0.2) is 54.4 Å². The molecule has 2 aromatic rings. The van der Waals surface area contributed by atoms with Crippen LogP contribution in [0.2, 0.25) is 0 Å². The average molecular weight is 468 g/mol. The number of unbranched alkanes of at least 4 members (excludes halogenated alkanes) is 2. The molecule has 1 N–H and O–H groups in total. The van der Waals surface area contributed by atoms with Crippen molar-refractivity contribution >= 4 is 17.4 Å². The summed E-state index contributed by atoms with van der Waals surface area (Å²) >= 11 is 0. The number of nitrogens with zero attached hydrogens (tertiary/aromatic N) is 3. The fourth-order valence-corrected chi connectivity index (χ4v) is 4.32. The molecule has 0 spiro atoms. The van der Waals surface area contributed by atoms with Crippen molar-refractivity contribution in [3.8, 4) is 0 Å². The number of aliphatic hydroxyl groups is 1. The highest BCUT2D eigenvalue weighted by atomic mass is 19.1. The Labute approximate surface area is 201 Å². The molecule has 1 atom stereocenters. The molecule has 182 valence electrons. The van der Waals surface area contributed by atoms with Gasteiger partial charge in [-0.05, 0) is 74.8 Å². The summed E-state index contributed by atoms with van der Waals surface area (Å²) in [7, 11) is 0. The lowest BCUT2D eigenvalue weighted by molar-refractivity contribution is -0.140. The number of aromatic nitrogens is 1. The zero-order chi connectivity index (χ0) is 24.5. The Morgan fingerprint density at radius 3 is 2.26 bits per heavy atom. The highest BCUT2D eigenvalue weighted by molar-refractivity contribution is 6.46. The minimum Gasteiger partial charge on any atom is -0.507 e. The average Bonchev–Trinajstić information content (AvgIpc) is 3.11. The lowest BCUT2D eigenvalue weighted by atomic mass is 9.96. The second kappa shape index (κ2) is 12.4. The van der Waals surface area contributed by atoms with Crippen LogP contribution in [-0.4, -0.2) is 57.8 Å². The molecule has 0 aliphatic carbocycles. The second-order valence-corrected chi connectivity index (χ2v) is 8.69. The van der Waals surface area contributed by atoms with Crippen molar-refractivity contribution in [1.82, 2.24) is 14.8 Å². The highest BCUT2D eigenvalue weighted by Crippen LogP contribution is 2.39. The Morgan fingerprint density at radius 1 is 1.03 bits per heavy atom. The summed E-state index contributed by atoms with van der Waals surface area (Å²) in [6.07, 6.45) is 8.45. The molecule has 1 aromatic heterocycles. The van der Waals surface area contributed by atoms with Crippen molar-refractivity contribution in [3.05, 3.63) is 71.3 Å². The number of benzene rings is 1. The predicted octanol–water partition coefficient (Wildman–Crippen LogP) is 4.93. The number of ketones is 1. The van der Waals surface area contributed by atoms with Crippen molar-refractivity contribution in [3.63, 3.8) is 0 Å². The van der Waals surface area contributed by atoms with Gasteiger partial charge in [-0.1, -0.05) is 32.8 Å². The maximum Gasteiger partial charge on any atom is 0.295 e. The number of hydrogen-bond donors (Lipinski definition) is 1. The minimum absolute atomic E-state index is 0.0124. The lowest BCUT2D eigenvalue weighted by Crippen LogP contribution is -2.34. The van der Waals surface area contributed by atoms with E-state index in [-0.39, 0.29) is 11.3 Å². The quantitative estimate of drug-likeness (QED) is 0.272. The van der Waals surface area contributed by atoms with Gasteiger partial charge in [0.1, 0.15) is 11.6 Å². The van der Waals surface area contributed by atoms with Gasteiger partial charge in [0.25, 0.3) is 11.7 Å². The lowest BCUT2D eigenvalue weighted by Gasteiger charge is -2.27. The molecule has 1 aliphatic heterocycles. The van der Waals surface area contributed by atoms with Crippen LogP contribution in [0.25, 0.3) is 5.76 Å². The van der Waals surface area contributed by atoms with Gasteiger partial charge in [0, 0.05) is 24.5 Å². The molecule has 1 aliphatic rings. The zero-order valence-electron chi connectivity index (χ0n) is 20.0. The third-order valence-corrected chi connectivity index (χ3v) is 6.19. The Hall–Kier alpha value is -3.06. The molecule has 0 bridgehead atoms. The topological polar surface area (TPSA) is 73.7 Å². The number of carbonyl (C=O) groups excluding carboxylic acids is 2. The van der Waals surface area contributed by atoms with Crippen LogP contribution in [0.5, 0.6) is 0 Å². The molecule has 0 unspecified atom stereocenters. The molecule has 3 rings (SSSR count). The Balaban J connectivity index is 1.87. The normalized spacial score (nSPS) is 17.6. The van der Waals surface area contributed by atoms with E-state index >= 15 is 0 Å². The van der Waals surface area contributed by atoms with Crippen LogP contribution < -0.4 is 0 Å². The summed E-state index contributed by atoms with van der Waals surface area (Å²) < 4.78 is 13.4. The minimum atomic E-state index is -0.738. The van der Waals surface area contributed by atoms with Gasteiger partial charge >= 0.3 is 0 Å². The van der Waals surface area contributed by atoms with Gasteiger partial charge < -0.3 is 14.9 Å². The molecule has 6 nitrogen and oxygen atoms in total. The number of halogens is 1. The SMILES string of the molecule is CCCCN(CCCC)CCCN1C(=O)C(=O)C(=C(O)c2ccc(F)cc2)[C@@H]1c1cccnc1. The molecule has 1 aromatic carbocycles. The summed E-state index contributed by atoms with van der Waals surface area (Å²) in [5.74, 6) is -2.12. The molecule has 1 amide bonds. The number of rotatable bonds is 12. The van der Waals surface area contributed by atoms with E-state index in [0.29, 0.717) is 24.1 Å². The van der Waals surface area contributed by atoms with E-state index in [0.717, 1.165) is 45.3 Å². The molecule has 34 heavy (non-hydrogen) atoms. The molecule has 1 saturated heterocycles. The molecule has 0 radical (unpaired) electrons. The monoisotopic (exact) mass is 467 g/mol. The molecule has 2 heterocycles. The first-order valence-corrected chi connectivity index (χ1v) is 12.1. The van der Waals surface area contributed by atoms with E-state index in [1.54, 1.807) is 24.5 Å². The number of likely N-dealkylation sites (tertiary alicyclic amines) is 1. The molecule has 1 fully saturated rings. The number of hydrogen-bond acceptors (Lipinski definition) is 5. The first-order chi connectivity index (χ1) is 16.5. The third-order valence-electron chi connectivity index (χ3n) is 6.19. The van der Waals surface area contributed by atoms with Gasteiger partial charge in [-0.2, -0.15) is 0 Å². The van der Waals surface area contributed by atoms with Gasteiger partial charge in [-0.3, -0.25) is 14.6 Å². The highest BCUT2D eigenvalue weighted by Gasteiger charge is 2.45. The van der Waals surface area contributed by atoms with E-state index < -0.39 is 23.5 Å². The Morgan fingerprint density at radius 2 is 1.68 bits per heavy atom. The fourth-order valence-electron chi connectivity index (χ4n) is 4.32. The van der Waals surface area contributed by atoms with E-state index in [2.05, 4.69) is 23.7 Å².